The summed E-state index contributed by atoms with van der Waals surface area (Å²) in [5, 5.41) is 2.76. The molecule has 0 radical (unpaired) electrons. The van der Waals surface area contributed by atoms with Crippen LogP contribution in [-0.2, 0) is 14.4 Å². The van der Waals surface area contributed by atoms with Gasteiger partial charge in [0.25, 0.3) is 0 Å². The van der Waals surface area contributed by atoms with Gasteiger partial charge in [-0.25, -0.2) is 0 Å². The van der Waals surface area contributed by atoms with Crippen LogP contribution >= 0.6 is 0 Å². The first kappa shape index (κ1) is 23.5. The summed E-state index contributed by atoms with van der Waals surface area (Å²) in [5.74, 6) is 0.486. The van der Waals surface area contributed by atoms with Crippen molar-refractivity contribution in [2.75, 3.05) is 13.1 Å². The van der Waals surface area contributed by atoms with Crippen LogP contribution in [0.25, 0.3) is 0 Å². The second kappa shape index (κ2) is 16.0. The molecule has 0 aromatic rings. The summed E-state index contributed by atoms with van der Waals surface area (Å²) in [6, 6.07) is 0. The Morgan fingerprint density at radius 3 is 1.64 bits per heavy atom. The van der Waals surface area contributed by atoms with E-state index in [2.05, 4.69) is 11.9 Å². The number of Topliss-reactive ketones (excluding diaryl/α,β-unsaturated/α-hetero) is 2. The van der Waals surface area contributed by atoms with Gasteiger partial charge in [-0.1, -0.05) is 19.4 Å². The number of hydrogen-bond donors (Lipinski definition) is 2. The number of nitrogens with one attached hydrogen (secondary N) is 1. The highest BCUT2D eigenvalue weighted by atomic mass is 16.1. The van der Waals surface area contributed by atoms with Crippen molar-refractivity contribution in [1.29, 1.82) is 0 Å². The molecular formula is C20H36N2O3. The lowest BCUT2D eigenvalue weighted by atomic mass is 10.0. The highest BCUT2D eigenvalue weighted by molar-refractivity contribution is 5.92. The third-order valence-electron chi connectivity index (χ3n) is 4.13. The molecule has 0 rings (SSSR count). The predicted octanol–water partition coefficient (Wildman–Crippen LogP) is 3.46. The third-order valence-corrected chi connectivity index (χ3v) is 4.13. The van der Waals surface area contributed by atoms with Crippen molar-refractivity contribution in [1.82, 2.24) is 5.32 Å². The number of carbonyl (C=O) groups is 3. The molecule has 0 aliphatic rings. The Hall–Kier alpha value is -1.49. The third kappa shape index (κ3) is 15.8. The minimum Gasteiger partial charge on any atom is -0.352 e. The molecule has 5 nitrogen and oxygen atoms in total. The molecule has 0 aliphatic heterocycles. The standard InChI is InChI=1S/C20H36N2O3/c1-17(2)20(25)22-16-10-8-14-19(24)12-6-3-5-11-18(23)13-7-4-9-15-21/h1,3-16,21H2,2H3,(H,22,25). The van der Waals surface area contributed by atoms with Crippen LogP contribution in [0.3, 0.4) is 0 Å². The van der Waals surface area contributed by atoms with Gasteiger partial charge in [0.1, 0.15) is 11.6 Å². The fourth-order valence-corrected chi connectivity index (χ4v) is 2.51. The van der Waals surface area contributed by atoms with Gasteiger partial charge in [-0.2, -0.15) is 0 Å². The molecule has 0 unspecified atom stereocenters. The van der Waals surface area contributed by atoms with Gasteiger partial charge < -0.3 is 11.1 Å². The summed E-state index contributed by atoms with van der Waals surface area (Å²) >= 11 is 0. The monoisotopic (exact) mass is 352 g/mol. The molecule has 25 heavy (non-hydrogen) atoms. The Labute approximate surface area is 152 Å². The Balaban J connectivity index is 3.42. The van der Waals surface area contributed by atoms with E-state index in [0.29, 0.717) is 50.1 Å². The van der Waals surface area contributed by atoms with Crippen LogP contribution in [0, 0.1) is 0 Å². The Bertz CT molecular complexity index is 419. The molecule has 0 spiro atoms. The SMILES string of the molecule is C=C(C)C(=O)NCCCCC(=O)CCCCCC(=O)CCCCCN. The normalized spacial score (nSPS) is 10.5. The minimum atomic E-state index is -0.125. The van der Waals surface area contributed by atoms with Gasteiger partial charge in [-0.15, -0.1) is 0 Å². The first-order chi connectivity index (χ1) is 12.0. The molecule has 3 N–H and O–H groups in total. The van der Waals surface area contributed by atoms with Crippen LogP contribution < -0.4 is 11.1 Å². The zero-order chi connectivity index (χ0) is 18.9. The molecular weight excluding hydrogens is 316 g/mol. The molecule has 0 aliphatic carbocycles. The highest BCUT2D eigenvalue weighted by Crippen LogP contribution is 2.09. The largest absolute Gasteiger partial charge is 0.352 e. The number of ketones is 2. The molecule has 0 aromatic heterocycles. The van der Waals surface area contributed by atoms with Gasteiger partial charge in [0.2, 0.25) is 5.91 Å². The van der Waals surface area contributed by atoms with Crippen LogP contribution in [0.2, 0.25) is 0 Å². The number of hydrogen-bond acceptors (Lipinski definition) is 4. The zero-order valence-electron chi connectivity index (χ0n) is 15.9. The van der Waals surface area contributed by atoms with E-state index in [4.69, 9.17) is 5.73 Å². The van der Waals surface area contributed by atoms with E-state index in [-0.39, 0.29) is 11.7 Å². The van der Waals surface area contributed by atoms with Crippen molar-refractivity contribution in [3.63, 3.8) is 0 Å². The van der Waals surface area contributed by atoms with E-state index < -0.39 is 0 Å². The van der Waals surface area contributed by atoms with Gasteiger partial charge in [-0.3, -0.25) is 14.4 Å². The summed E-state index contributed by atoms with van der Waals surface area (Å²) in [7, 11) is 0. The Kier molecular flexibility index (Phi) is 15.1. The van der Waals surface area contributed by atoms with Gasteiger partial charge >= 0.3 is 0 Å². The van der Waals surface area contributed by atoms with Crippen molar-refractivity contribution in [2.45, 2.75) is 84.0 Å². The number of unbranched alkanes of at least 4 members (excludes halogenated alkanes) is 5. The van der Waals surface area contributed by atoms with Crippen LogP contribution in [-0.4, -0.2) is 30.6 Å². The average Bonchev–Trinajstić information content (AvgIpc) is 2.57. The summed E-state index contributed by atoms with van der Waals surface area (Å²) < 4.78 is 0. The van der Waals surface area contributed by atoms with Crippen LogP contribution in [0.15, 0.2) is 12.2 Å². The molecule has 0 heterocycles. The average molecular weight is 353 g/mol. The Morgan fingerprint density at radius 2 is 1.20 bits per heavy atom. The zero-order valence-corrected chi connectivity index (χ0v) is 15.9. The summed E-state index contributed by atoms with van der Waals surface area (Å²) in [6.45, 7) is 6.54. The maximum atomic E-state index is 11.8. The summed E-state index contributed by atoms with van der Waals surface area (Å²) in [5.41, 5.74) is 5.92. The Morgan fingerprint density at radius 1 is 0.760 bits per heavy atom. The van der Waals surface area contributed by atoms with Gasteiger partial charge in [-0.05, 0) is 52.0 Å². The quantitative estimate of drug-likeness (QED) is 0.310. The molecule has 0 saturated heterocycles. The molecule has 1 amide bonds. The molecule has 0 atom stereocenters. The molecule has 0 fully saturated rings. The fourth-order valence-electron chi connectivity index (χ4n) is 2.51. The molecule has 0 bridgehead atoms. The lowest BCUT2D eigenvalue weighted by Gasteiger charge is -2.05. The van der Waals surface area contributed by atoms with Crippen LogP contribution in [0.4, 0.5) is 0 Å². The topological polar surface area (TPSA) is 89.3 Å². The van der Waals surface area contributed by atoms with E-state index in [1.165, 1.54) is 0 Å². The number of carbonyl (C=O) groups excluding carboxylic acids is 3. The first-order valence-electron chi connectivity index (χ1n) is 9.64. The number of nitrogens with two attached hydrogens (primary N) is 1. The number of rotatable bonds is 17. The predicted molar refractivity (Wildman–Crippen MR) is 102 cm³/mol. The minimum absolute atomic E-state index is 0.125. The van der Waals surface area contributed by atoms with Gasteiger partial charge in [0.15, 0.2) is 0 Å². The first-order valence-corrected chi connectivity index (χ1v) is 9.64. The fraction of sp³-hybridized carbons (Fsp3) is 0.750. The lowest BCUT2D eigenvalue weighted by molar-refractivity contribution is -0.119. The van der Waals surface area contributed by atoms with Crippen molar-refractivity contribution >= 4 is 17.5 Å². The maximum absolute atomic E-state index is 11.8. The molecule has 0 aromatic carbocycles. The van der Waals surface area contributed by atoms with Crippen molar-refractivity contribution < 1.29 is 14.4 Å². The number of amides is 1. The second-order valence-electron chi connectivity index (χ2n) is 6.73. The van der Waals surface area contributed by atoms with E-state index >= 15 is 0 Å². The second-order valence-corrected chi connectivity index (χ2v) is 6.73. The van der Waals surface area contributed by atoms with E-state index in [1.807, 2.05) is 0 Å². The smallest absolute Gasteiger partial charge is 0.246 e. The van der Waals surface area contributed by atoms with E-state index in [0.717, 1.165) is 51.4 Å². The van der Waals surface area contributed by atoms with Crippen molar-refractivity contribution in [3.05, 3.63) is 12.2 Å². The maximum Gasteiger partial charge on any atom is 0.246 e. The van der Waals surface area contributed by atoms with Gasteiger partial charge in [0.05, 0.1) is 0 Å². The van der Waals surface area contributed by atoms with Crippen molar-refractivity contribution in [3.8, 4) is 0 Å². The van der Waals surface area contributed by atoms with Crippen molar-refractivity contribution in [2.24, 2.45) is 5.73 Å². The molecule has 5 heteroatoms. The highest BCUT2D eigenvalue weighted by Gasteiger charge is 2.05. The van der Waals surface area contributed by atoms with Crippen LogP contribution in [0.1, 0.15) is 84.0 Å². The summed E-state index contributed by atoms with van der Waals surface area (Å²) in [6.07, 6.45) is 9.76. The van der Waals surface area contributed by atoms with Gasteiger partial charge in [0, 0.05) is 37.8 Å². The van der Waals surface area contributed by atoms with E-state index in [1.54, 1.807) is 6.92 Å². The van der Waals surface area contributed by atoms with Crippen LogP contribution in [0.5, 0.6) is 0 Å². The lowest BCUT2D eigenvalue weighted by Crippen LogP contribution is -2.24. The molecule has 0 saturated carbocycles. The van der Waals surface area contributed by atoms with E-state index in [9.17, 15) is 14.4 Å². The summed E-state index contributed by atoms with van der Waals surface area (Å²) in [4.78, 5) is 34.7. The molecule has 144 valence electrons.